The Morgan fingerprint density at radius 2 is 1.80 bits per heavy atom. The first-order valence-corrected chi connectivity index (χ1v) is 9.20. The van der Waals surface area contributed by atoms with Crippen LogP contribution in [0.3, 0.4) is 0 Å². The molecule has 0 saturated carbocycles. The van der Waals surface area contributed by atoms with E-state index in [2.05, 4.69) is 17.1 Å². The van der Waals surface area contributed by atoms with Gasteiger partial charge in [-0.3, -0.25) is 9.59 Å². The molecule has 25 heavy (non-hydrogen) atoms. The van der Waals surface area contributed by atoms with E-state index in [1.165, 1.54) is 28.7 Å². The molecule has 7 heteroatoms. The highest BCUT2D eigenvalue weighted by Crippen LogP contribution is 2.39. The van der Waals surface area contributed by atoms with Gasteiger partial charge in [0.05, 0.1) is 10.6 Å². The summed E-state index contributed by atoms with van der Waals surface area (Å²) in [5.41, 5.74) is 2.65. The summed E-state index contributed by atoms with van der Waals surface area (Å²) in [6.07, 6.45) is 3.11. The van der Waals surface area contributed by atoms with E-state index in [0.29, 0.717) is 28.6 Å². The molecule has 0 atom stereocenters. The molecule has 1 aliphatic rings. The van der Waals surface area contributed by atoms with Crippen molar-refractivity contribution in [2.45, 2.75) is 45.2 Å². The van der Waals surface area contributed by atoms with E-state index in [-0.39, 0.29) is 11.7 Å². The number of fused-ring (bicyclic) bond motifs is 1. The van der Waals surface area contributed by atoms with Crippen molar-refractivity contribution in [3.05, 3.63) is 46.6 Å². The molecule has 1 amide bonds. The zero-order chi connectivity index (χ0) is 18.0. The Hall–Kier alpha value is -2.41. The van der Waals surface area contributed by atoms with Gasteiger partial charge < -0.3 is 0 Å². The third kappa shape index (κ3) is 3.11. The van der Waals surface area contributed by atoms with Crippen LogP contribution in [0, 0.1) is 0 Å². The minimum Gasteiger partial charge on any atom is -0.294 e. The molecular formula is C18H20N4O2S. The highest BCUT2D eigenvalue weighted by atomic mass is 32.2. The third-order valence-corrected chi connectivity index (χ3v) is 5.16. The Kier molecular flexibility index (Phi) is 5.03. The summed E-state index contributed by atoms with van der Waals surface area (Å²) in [6.45, 7) is 5.71. The molecular weight excluding hydrogens is 336 g/mol. The molecule has 0 fully saturated rings. The Labute approximate surface area is 150 Å². The smallest absolute Gasteiger partial charge is 0.246 e. The summed E-state index contributed by atoms with van der Waals surface area (Å²) in [7, 11) is 0. The van der Waals surface area contributed by atoms with Gasteiger partial charge in [0.2, 0.25) is 11.1 Å². The number of carbonyl (C=O) groups is 2. The summed E-state index contributed by atoms with van der Waals surface area (Å²) in [5.74, 6) is -0.125. The van der Waals surface area contributed by atoms with Crippen LogP contribution in [0.2, 0.25) is 0 Å². The first kappa shape index (κ1) is 17.4. The van der Waals surface area contributed by atoms with Gasteiger partial charge >= 0.3 is 0 Å². The van der Waals surface area contributed by atoms with E-state index in [9.17, 15) is 9.59 Å². The lowest BCUT2D eigenvalue weighted by molar-refractivity contribution is -0.119. The zero-order valence-corrected chi connectivity index (χ0v) is 15.3. The maximum absolute atomic E-state index is 12.7. The zero-order valence-electron chi connectivity index (χ0n) is 14.5. The fraction of sp³-hybridized carbons (Fsp3) is 0.333. The molecule has 6 nitrogen and oxygen atoms in total. The average Bonchev–Trinajstić information content (AvgIpc) is 3.13. The molecule has 2 aromatic rings. The minimum atomic E-state index is -0.114. The normalized spacial score (nSPS) is 13.8. The number of ketones is 1. The number of Topliss-reactive ketones (excluding diaryl/α,β-unsaturated/α-hetero) is 1. The van der Waals surface area contributed by atoms with E-state index in [1.807, 2.05) is 31.2 Å². The van der Waals surface area contributed by atoms with Crippen LogP contribution < -0.4 is 5.01 Å². The number of nitrogens with zero attached hydrogens (tertiary/aromatic N) is 4. The number of carbonyl (C=O) groups excluding carboxylic acids is 2. The predicted molar refractivity (Wildman–Crippen MR) is 97.4 cm³/mol. The fourth-order valence-electron chi connectivity index (χ4n) is 2.66. The van der Waals surface area contributed by atoms with Gasteiger partial charge in [0.15, 0.2) is 5.78 Å². The highest BCUT2D eigenvalue weighted by molar-refractivity contribution is 8.04. The largest absolute Gasteiger partial charge is 0.294 e. The van der Waals surface area contributed by atoms with Crippen molar-refractivity contribution in [3.8, 4) is 0 Å². The van der Waals surface area contributed by atoms with E-state index < -0.39 is 0 Å². The number of hydrogen-bond donors (Lipinski definition) is 0. The number of thioether (sulfide) groups is 1. The van der Waals surface area contributed by atoms with Crippen LogP contribution in [0.15, 0.2) is 40.7 Å². The van der Waals surface area contributed by atoms with Gasteiger partial charge in [0, 0.05) is 18.4 Å². The lowest BCUT2D eigenvalue weighted by atomic mass is 10.1. The lowest BCUT2D eigenvalue weighted by Crippen LogP contribution is -2.41. The fourth-order valence-corrected chi connectivity index (χ4v) is 3.72. The number of aromatic nitrogens is 3. The molecule has 0 radical (unpaired) electrons. The monoisotopic (exact) mass is 356 g/mol. The molecule has 0 aliphatic carbocycles. The van der Waals surface area contributed by atoms with Gasteiger partial charge in [-0.1, -0.05) is 45.0 Å². The predicted octanol–water partition coefficient (Wildman–Crippen LogP) is 3.17. The SMILES string of the molecule is CCC(=O)C1=C(c2ccc(CC)cc2)N(C(=O)CC)n2cnnc2S1. The second-order valence-corrected chi connectivity index (χ2v) is 6.60. The molecule has 3 rings (SSSR count). The Balaban J connectivity index is 2.22. The summed E-state index contributed by atoms with van der Waals surface area (Å²) >= 11 is 1.27. The second kappa shape index (κ2) is 7.23. The van der Waals surface area contributed by atoms with Gasteiger partial charge in [-0.15, -0.1) is 10.2 Å². The van der Waals surface area contributed by atoms with Crippen LogP contribution in [-0.4, -0.2) is 26.6 Å². The summed E-state index contributed by atoms with van der Waals surface area (Å²) in [4.78, 5) is 25.8. The third-order valence-electron chi connectivity index (χ3n) is 4.08. The van der Waals surface area contributed by atoms with E-state index >= 15 is 0 Å². The van der Waals surface area contributed by atoms with E-state index in [4.69, 9.17) is 0 Å². The Bertz CT molecular complexity index is 839. The molecule has 0 saturated heterocycles. The molecule has 0 bridgehead atoms. The summed E-state index contributed by atoms with van der Waals surface area (Å²) < 4.78 is 1.62. The maximum Gasteiger partial charge on any atom is 0.246 e. The number of aryl methyl sites for hydroxylation is 1. The van der Waals surface area contributed by atoms with Crippen LogP contribution >= 0.6 is 11.8 Å². The first-order chi connectivity index (χ1) is 12.1. The standard InChI is InChI=1S/C18H20N4O2S/c1-4-12-7-9-13(10-8-12)16-17(14(23)5-2)25-18-20-19-11-21(18)22(16)15(24)6-3/h7-11H,4-6H2,1-3H3. The molecule has 130 valence electrons. The maximum atomic E-state index is 12.7. The topological polar surface area (TPSA) is 68.1 Å². The molecule has 1 aliphatic heterocycles. The van der Waals surface area contributed by atoms with Crippen molar-refractivity contribution in [1.82, 2.24) is 14.9 Å². The Morgan fingerprint density at radius 3 is 2.40 bits per heavy atom. The lowest BCUT2D eigenvalue weighted by Gasteiger charge is -2.31. The van der Waals surface area contributed by atoms with Crippen LogP contribution in [0.4, 0.5) is 0 Å². The van der Waals surface area contributed by atoms with E-state index in [1.54, 1.807) is 11.6 Å². The highest BCUT2D eigenvalue weighted by Gasteiger charge is 2.33. The number of allylic oxidation sites excluding steroid dienone is 1. The average molecular weight is 356 g/mol. The van der Waals surface area contributed by atoms with Crippen molar-refractivity contribution in [2.24, 2.45) is 0 Å². The molecule has 2 heterocycles. The van der Waals surface area contributed by atoms with Gasteiger partial charge in [-0.05, 0) is 23.7 Å². The summed E-state index contributed by atoms with van der Waals surface area (Å²) in [5, 5.41) is 9.99. The van der Waals surface area contributed by atoms with Gasteiger partial charge in [0.25, 0.3) is 0 Å². The molecule has 0 unspecified atom stereocenters. The van der Waals surface area contributed by atoms with Gasteiger partial charge in [-0.2, -0.15) is 0 Å². The van der Waals surface area contributed by atoms with Crippen molar-refractivity contribution < 1.29 is 9.59 Å². The molecule has 1 aromatic heterocycles. The number of rotatable bonds is 5. The number of hydrogen-bond acceptors (Lipinski definition) is 5. The van der Waals surface area contributed by atoms with Crippen molar-refractivity contribution in [1.29, 1.82) is 0 Å². The van der Waals surface area contributed by atoms with Crippen molar-refractivity contribution in [3.63, 3.8) is 0 Å². The van der Waals surface area contributed by atoms with Crippen LogP contribution in [0.25, 0.3) is 5.70 Å². The molecule has 0 spiro atoms. The summed E-state index contributed by atoms with van der Waals surface area (Å²) in [6, 6.07) is 7.97. The molecule has 1 aromatic carbocycles. The number of amides is 1. The van der Waals surface area contributed by atoms with Crippen molar-refractivity contribution in [2.75, 3.05) is 5.01 Å². The van der Waals surface area contributed by atoms with Crippen LogP contribution in [0.1, 0.15) is 44.7 Å². The van der Waals surface area contributed by atoms with E-state index in [0.717, 1.165) is 12.0 Å². The van der Waals surface area contributed by atoms with Gasteiger partial charge in [0.1, 0.15) is 6.33 Å². The van der Waals surface area contributed by atoms with Crippen LogP contribution in [-0.2, 0) is 16.0 Å². The quantitative estimate of drug-likeness (QED) is 0.823. The second-order valence-electron chi connectivity index (χ2n) is 5.62. The Morgan fingerprint density at radius 1 is 1.08 bits per heavy atom. The first-order valence-electron chi connectivity index (χ1n) is 8.38. The van der Waals surface area contributed by atoms with Gasteiger partial charge in [-0.25, -0.2) is 9.69 Å². The van der Waals surface area contributed by atoms with Crippen molar-refractivity contribution >= 4 is 29.1 Å². The van der Waals surface area contributed by atoms with Crippen LogP contribution in [0.5, 0.6) is 0 Å². The minimum absolute atomic E-state index is 0.0114. The molecule has 0 N–H and O–H groups in total. The number of benzene rings is 1.